The third-order valence-corrected chi connectivity index (χ3v) is 3.43. The average Bonchev–Trinajstić information content (AvgIpc) is 2.56. The summed E-state index contributed by atoms with van der Waals surface area (Å²) in [6.45, 7) is 2.02. The van der Waals surface area contributed by atoms with Gasteiger partial charge in [-0.2, -0.15) is 12.6 Å². The van der Waals surface area contributed by atoms with Gasteiger partial charge in [-0.15, -0.1) is 0 Å². The molecule has 0 aliphatic rings. The number of nitrogens with one attached hydrogen (secondary N) is 1. The third kappa shape index (κ3) is 1.83. The van der Waals surface area contributed by atoms with E-state index in [0.717, 1.165) is 17.1 Å². The Kier molecular flexibility index (Phi) is 3.21. The molecular weight excluding hydrogens is 218 g/mol. The molecule has 0 fully saturated rings. The summed E-state index contributed by atoms with van der Waals surface area (Å²) in [6, 6.07) is 6.69. The number of fused-ring (bicyclic) bond motifs is 1. The fraction of sp³-hybridized carbons (Fsp3) is 0.417. The molecule has 1 unspecified atom stereocenters. The number of rotatable bonds is 3. The molecule has 16 heavy (non-hydrogen) atoms. The van der Waals surface area contributed by atoms with Crippen molar-refractivity contribution < 1.29 is 0 Å². The molecule has 0 aliphatic carbocycles. The van der Waals surface area contributed by atoms with Crippen molar-refractivity contribution in [2.75, 3.05) is 12.8 Å². The van der Waals surface area contributed by atoms with Gasteiger partial charge in [-0.1, -0.05) is 6.07 Å². The van der Waals surface area contributed by atoms with Crippen LogP contribution in [0.15, 0.2) is 18.2 Å². The predicted molar refractivity (Wildman–Crippen MR) is 71.1 cm³/mol. The lowest BCUT2D eigenvalue weighted by Gasteiger charge is -2.13. The number of nitrogens with zero attached hydrogens (tertiary/aromatic N) is 2. The summed E-state index contributed by atoms with van der Waals surface area (Å²) in [5.41, 5.74) is 3.47. The van der Waals surface area contributed by atoms with Crippen molar-refractivity contribution >= 4 is 23.7 Å². The smallest absolute Gasteiger partial charge is 0.106 e. The molecule has 1 aromatic carbocycles. The molecule has 2 rings (SSSR count). The lowest BCUT2D eigenvalue weighted by molar-refractivity contribution is 0.664. The van der Waals surface area contributed by atoms with Crippen molar-refractivity contribution in [3.8, 4) is 0 Å². The van der Waals surface area contributed by atoms with E-state index in [1.54, 1.807) is 0 Å². The molecule has 0 spiro atoms. The van der Waals surface area contributed by atoms with Crippen molar-refractivity contribution in [3.63, 3.8) is 0 Å². The van der Waals surface area contributed by atoms with Gasteiger partial charge < -0.3 is 9.88 Å². The predicted octanol–water partition coefficient (Wildman–Crippen LogP) is 2.07. The molecule has 0 saturated heterocycles. The molecule has 0 amide bonds. The standard InChI is InChI=1S/C12H17N3S/c1-8-14-10-6-9(11(7-16)13-2)4-5-12(10)15(8)3/h4-6,11,13,16H,7H2,1-3H3. The zero-order valence-corrected chi connectivity index (χ0v) is 10.8. The first-order valence-corrected chi connectivity index (χ1v) is 6.01. The van der Waals surface area contributed by atoms with Crippen LogP contribution < -0.4 is 5.32 Å². The number of aromatic nitrogens is 2. The summed E-state index contributed by atoms with van der Waals surface area (Å²) in [5.74, 6) is 1.83. The van der Waals surface area contributed by atoms with E-state index >= 15 is 0 Å². The average molecular weight is 235 g/mol. The number of hydrogen-bond acceptors (Lipinski definition) is 3. The summed E-state index contributed by atoms with van der Waals surface area (Å²) < 4.78 is 2.11. The van der Waals surface area contributed by atoms with Crippen molar-refractivity contribution in [2.45, 2.75) is 13.0 Å². The minimum absolute atomic E-state index is 0.287. The van der Waals surface area contributed by atoms with Gasteiger partial charge in [0, 0.05) is 18.8 Å². The van der Waals surface area contributed by atoms with Crippen LogP contribution in [0.25, 0.3) is 11.0 Å². The molecule has 1 N–H and O–H groups in total. The van der Waals surface area contributed by atoms with E-state index in [2.05, 4.69) is 45.7 Å². The van der Waals surface area contributed by atoms with Gasteiger partial charge >= 0.3 is 0 Å². The van der Waals surface area contributed by atoms with Crippen molar-refractivity contribution in [3.05, 3.63) is 29.6 Å². The quantitative estimate of drug-likeness (QED) is 0.798. The fourth-order valence-electron chi connectivity index (χ4n) is 1.92. The summed E-state index contributed by atoms with van der Waals surface area (Å²) in [4.78, 5) is 4.53. The Balaban J connectivity index is 2.52. The Bertz CT molecular complexity index is 500. The van der Waals surface area contributed by atoms with Crippen LogP contribution in [0.4, 0.5) is 0 Å². The van der Waals surface area contributed by atoms with Gasteiger partial charge in [0.05, 0.1) is 11.0 Å². The summed E-state index contributed by atoms with van der Waals surface area (Å²) in [6.07, 6.45) is 0. The number of hydrogen-bond donors (Lipinski definition) is 2. The SMILES string of the molecule is CNC(CS)c1ccc2c(c1)nc(C)n2C. The van der Waals surface area contributed by atoms with E-state index < -0.39 is 0 Å². The molecule has 3 nitrogen and oxygen atoms in total. The second-order valence-electron chi connectivity index (χ2n) is 3.99. The first kappa shape index (κ1) is 11.5. The van der Waals surface area contributed by atoms with Crippen molar-refractivity contribution in [1.29, 1.82) is 0 Å². The van der Waals surface area contributed by atoms with E-state index in [1.807, 2.05) is 21.0 Å². The van der Waals surface area contributed by atoms with Gasteiger partial charge in [0.25, 0.3) is 0 Å². The van der Waals surface area contributed by atoms with E-state index in [0.29, 0.717) is 0 Å². The van der Waals surface area contributed by atoms with Gasteiger partial charge in [-0.25, -0.2) is 4.98 Å². The molecule has 4 heteroatoms. The normalized spacial score (nSPS) is 13.2. The second kappa shape index (κ2) is 4.47. The lowest BCUT2D eigenvalue weighted by Crippen LogP contribution is -2.17. The molecule has 1 heterocycles. The third-order valence-electron chi connectivity index (χ3n) is 3.06. The first-order valence-electron chi connectivity index (χ1n) is 5.38. The molecule has 0 bridgehead atoms. The van der Waals surface area contributed by atoms with Crippen LogP contribution in [0.5, 0.6) is 0 Å². The monoisotopic (exact) mass is 235 g/mol. The zero-order chi connectivity index (χ0) is 11.7. The molecule has 0 aliphatic heterocycles. The maximum absolute atomic E-state index is 4.53. The number of imidazole rings is 1. The highest BCUT2D eigenvalue weighted by Gasteiger charge is 2.10. The van der Waals surface area contributed by atoms with E-state index in [9.17, 15) is 0 Å². The molecular formula is C12H17N3S. The molecule has 0 radical (unpaired) electrons. The highest BCUT2D eigenvalue weighted by atomic mass is 32.1. The van der Waals surface area contributed by atoms with Gasteiger partial charge in [0.1, 0.15) is 5.82 Å². The molecule has 1 aromatic heterocycles. The highest BCUT2D eigenvalue weighted by Crippen LogP contribution is 2.21. The molecule has 86 valence electrons. The van der Waals surface area contributed by atoms with Gasteiger partial charge in [0.2, 0.25) is 0 Å². The van der Waals surface area contributed by atoms with E-state index in [-0.39, 0.29) is 6.04 Å². The number of thiol groups is 1. The number of aryl methyl sites for hydroxylation is 2. The maximum Gasteiger partial charge on any atom is 0.106 e. The van der Waals surface area contributed by atoms with Crippen LogP contribution >= 0.6 is 12.6 Å². The van der Waals surface area contributed by atoms with Crippen molar-refractivity contribution in [2.24, 2.45) is 7.05 Å². The van der Waals surface area contributed by atoms with E-state index in [4.69, 9.17) is 0 Å². The Labute approximate surface area is 101 Å². The summed E-state index contributed by atoms with van der Waals surface area (Å²) in [5, 5.41) is 3.24. The topological polar surface area (TPSA) is 29.9 Å². The van der Waals surface area contributed by atoms with Crippen LogP contribution in [-0.4, -0.2) is 22.4 Å². The Morgan fingerprint density at radius 2 is 2.25 bits per heavy atom. The Morgan fingerprint density at radius 1 is 1.50 bits per heavy atom. The lowest BCUT2D eigenvalue weighted by atomic mass is 10.1. The van der Waals surface area contributed by atoms with Crippen LogP contribution in [-0.2, 0) is 7.05 Å². The summed E-state index contributed by atoms with van der Waals surface area (Å²) >= 11 is 4.34. The Hall–Kier alpha value is -1.00. The molecule has 2 aromatic rings. The first-order chi connectivity index (χ1) is 7.67. The van der Waals surface area contributed by atoms with Gasteiger partial charge in [-0.05, 0) is 31.7 Å². The summed E-state index contributed by atoms with van der Waals surface area (Å²) in [7, 11) is 3.99. The van der Waals surface area contributed by atoms with Crippen LogP contribution in [0, 0.1) is 6.92 Å². The maximum atomic E-state index is 4.53. The highest BCUT2D eigenvalue weighted by molar-refractivity contribution is 7.80. The van der Waals surface area contributed by atoms with Gasteiger partial charge in [-0.3, -0.25) is 0 Å². The van der Waals surface area contributed by atoms with Crippen LogP contribution in [0.2, 0.25) is 0 Å². The minimum atomic E-state index is 0.287. The van der Waals surface area contributed by atoms with E-state index in [1.165, 1.54) is 11.1 Å². The minimum Gasteiger partial charge on any atom is -0.331 e. The molecule has 0 saturated carbocycles. The van der Waals surface area contributed by atoms with Crippen molar-refractivity contribution in [1.82, 2.24) is 14.9 Å². The second-order valence-corrected chi connectivity index (χ2v) is 4.36. The fourth-order valence-corrected chi connectivity index (χ4v) is 2.31. The Morgan fingerprint density at radius 3 is 2.88 bits per heavy atom. The van der Waals surface area contributed by atoms with Gasteiger partial charge in [0.15, 0.2) is 0 Å². The largest absolute Gasteiger partial charge is 0.331 e. The van der Waals surface area contributed by atoms with Crippen LogP contribution in [0.1, 0.15) is 17.4 Å². The number of benzene rings is 1. The zero-order valence-electron chi connectivity index (χ0n) is 9.86. The molecule has 1 atom stereocenters. The van der Waals surface area contributed by atoms with Crippen LogP contribution in [0.3, 0.4) is 0 Å².